The number of carbonyl (C=O) groups excluding carboxylic acids is 3. The summed E-state index contributed by atoms with van der Waals surface area (Å²) in [6.07, 6.45) is -0.448. The van der Waals surface area contributed by atoms with Crippen molar-refractivity contribution >= 4 is 47.2 Å². The van der Waals surface area contributed by atoms with Gasteiger partial charge in [-0.3, -0.25) is 0 Å². The van der Waals surface area contributed by atoms with E-state index in [0.717, 1.165) is 10.0 Å². The summed E-state index contributed by atoms with van der Waals surface area (Å²) in [5.41, 5.74) is -2.07. The van der Waals surface area contributed by atoms with Gasteiger partial charge >= 0.3 is 225 Å². The van der Waals surface area contributed by atoms with Crippen molar-refractivity contribution in [2.75, 3.05) is 27.1 Å². The van der Waals surface area contributed by atoms with E-state index in [1.807, 2.05) is 37.3 Å². The summed E-state index contributed by atoms with van der Waals surface area (Å²) in [7, 11) is -0.317. The van der Waals surface area contributed by atoms with Gasteiger partial charge in [-0.25, -0.2) is 0 Å². The minimum atomic E-state index is -3.91. The molecule has 2 aromatic rings. The molecular formula is C27H32O8SSe. The second-order valence-electron chi connectivity index (χ2n) is 9.45. The van der Waals surface area contributed by atoms with Crippen molar-refractivity contribution in [3.05, 3.63) is 60.2 Å². The van der Waals surface area contributed by atoms with Crippen molar-refractivity contribution in [1.29, 1.82) is 0 Å². The van der Waals surface area contributed by atoms with E-state index < -0.39 is 50.2 Å². The fraction of sp³-hybridized carbons (Fsp3) is 0.444. The zero-order chi connectivity index (χ0) is 27.3. The molecule has 0 bridgehead atoms. The van der Waals surface area contributed by atoms with Crippen LogP contribution in [0.25, 0.3) is 0 Å². The van der Waals surface area contributed by atoms with Crippen LogP contribution in [-0.2, 0) is 38.4 Å². The topological polar surface area (TPSA) is 113 Å². The predicted molar refractivity (Wildman–Crippen MR) is 138 cm³/mol. The number of hydrogen-bond donors (Lipinski definition) is 0. The molecule has 0 aromatic heterocycles. The van der Waals surface area contributed by atoms with Gasteiger partial charge in [0, 0.05) is 0 Å². The van der Waals surface area contributed by atoms with E-state index in [-0.39, 0.29) is 39.1 Å². The SMILES string of the molecule is COC(=O)CC1(CS(=O)(=O)c2ccc(C)cc2)CC(C(=O)OC)(C(=O)OC)CC1C[Se]c1ccccc1. The first-order chi connectivity index (χ1) is 17.5. The molecule has 2 unspecified atom stereocenters. The number of rotatable bonds is 10. The Bertz CT molecular complexity index is 1210. The number of aryl methyl sites for hydroxylation is 1. The fourth-order valence-corrected chi connectivity index (χ4v) is 9.65. The first-order valence-corrected chi connectivity index (χ1v) is 15.4. The molecule has 0 N–H and O–H groups in total. The Morgan fingerprint density at radius 2 is 1.51 bits per heavy atom. The van der Waals surface area contributed by atoms with E-state index in [9.17, 15) is 22.8 Å². The molecule has 0 radical (unpaired) electrons. The number of carbonyl (C=O) groups is 3. The third-order valence-electron chi connectivity index (χ3n) is 7.04. The van der Waals surface area contributed by atoms with Crippen molar-refractivity contribution in [2.45, 2.75) is 36.4 Å². The summed E-state index contributed by atoms with van der Waals surface area (Å²) in [6.45, 7) is 1.86. The molecule has 0 spiro atoms. The number of sulfone groups is 1. The van der Waals surface area contributed by atoms with E-state index in [4.69, 9.17) is 14.2 Å². The Kier molecular flexibility index (Phi) is 9.21. The van der Waals surface area contributed by atoms with Crippen molar-refractivity contribution in [3.8, 4) is 0 Å². The average molecular weight is 596 g/mol. The van der Waals surface area contributed by atoms with Gasteiger partial charge in [0.2, 0.25) is 0 Å². The molecule has 8 nitrogen and oxygen atoms in total. The summed E-state index contributed by atoms with van der Waals surface area (Å²) in [4.78, 5) is 39.0. The molecular weight excluding hydrogens is 563 g/mol. The van der Waals surface area contributed by atoms with Gasteiger partial charge in [0.05, 0.1) is 0 Å². The van der Waals surface area contributed by atoms with Crippen molar-refractivity contribution in [2.24, 2.45) is 16.7 Å². The molecule has 1 fully saturated rings. The van der Waals surface area contributed by atoms with Crippen LogP contribution in [0.15, 0.2) is 59.5 Å². The molecule has 37 heavy (non-hydrogen) atoms. The van der Waals surface area contributed by atoms with E-state index in [0.29, 0.717) is 5.32 Å². The van der Waals surface area contributed by atoms with Crippen molar-refractivity contribution in [1.82, 2.24) is 0 Å². The second-order valence-corrected chi connectivity index (χ2v) is 13.7. The normalized spacial score (nSPS) is 20.7. The molecule has 0 saturated heterocycles. The summed E-state index contributed by atoms with van der Waals surface area (Å²) in [5, 5.41) is 0.507. The first-order valence-electron chi connectivity index (χ1n) is 11.7. The fourth-order valence-electron chi connectivity index (χ4n) is 5.18. The Morgan fingerprint density at radius 1 is 0.919 bits per heavy atom. The zero-order valence-corrected chi connectivity index (χ0v) is 23.9. The van der Waals surface area contributed by atoms with Crippen molar-refractivity contribution < 1.29 is 37.0 Å². The van der Waals surface area contributed by atoms with Crippen LogP contribution in [0.4, 0.5) is 0 Å². The van der Waals surface area contributed by atoms with Crippen LogP contribution in [0.3, 0.4) is 0 Å². The van der Waals surface area contributed by atoms with E-state index >= 15 is 0 Å². The zero-order valence-electron chi connectivity index (χ0n) is 21.4. The summed E-state index contributed by atoms with van der Waals surface area (Å²) >= 11 is -0.108. The summed E-state index contributed by atoms with van der Waals surface area (Å²) in [5.74, 6) is -3.09. The number of methoxy groups -OCH3 is 3. The van der Waals surface area contributed by atoms with Crippen molar-refractivity contribution in [3.63, 3.8) is 0 Å². The molecule has 1 saturated carbocycles. The molecule has 1 aliphatic rings. The number of esters is 3. The predicted octanol–water partition coefficient (Wildman–Crippen LogP) is 2.51. The molecule has 200 valence electrons. The van der Waals surface area contributed by atoms with Gasteiger partial charge in [-0.1, -0.05) is 0 Å². The molecule has 0 heterocycles. The third kappa shape index (κ3) is 6.25. The molecule has 0 aliphatic heterocycles. The van der Waals surface area contributed by atoms with Crippen LogP contribution in [-0.4, -0.2) is 68.4 Å². The standard InChI is InChI=1S/C27H32O8SSe/c1-19-10-12-21(13-11-19)36(31,32)18-26(15-23(28)33-2)17-27(24(29)34-3,25(30)35-4)14-20(26)16-37-22-8-6-5-7-9-22/h5-13,20H,14-18H2,1-4H3. The van der Waals surface area contributed by atoms with Gasteiger partial charge in [-0.2, -0.15) is 0 Å². The van der Waals surface area contributed by atoms with Gasteiger partial charge in [0.25, 0.3) is 0 Å². The van der Waals surface area contributed by atoms with E-state index in [2.05, 4.69) is 0 Å². The average Bonchev–Trinajstić information content (AvgIpc) is 3.20. The van der Waals surface area contributed by atoms with Crippen LogP contribution >= 0.6 is 0 Å². The molecule has 2 aromatic carbocycles. The molecule has 2 atom stereocenters. The number of hydrogen-bond acceptors (Lipinski definition) is 8. The summed E-state index contributed by atoms with van der Waals surface area (Å²) < 4.78 is 43.5. The second kappa shape index (κ2) is 11.8. The monoisotopic (exact) mass is 596 g/mol. The van der Waals surface area contributed by atoms with Gasteiger partial charge in [-0.05, 0) is 0 Å². The Balaban J connectivity index is 2.13. The van der Waals surface area contributed by atoms with Gasteiger partial charge in [0.15, 0.2) is 0 Å². The van der Waals surface area contributed by atoms with Crippen LogP contribution in [0.1, 0.15) is 24.8 Å². The van der Waals surface area contributed by atoms with Gasteiger partial charge in [-0.15, -0.1) is 0 Å². The van der Waals surface area contributed by atoms with Crippen LogP contribution in [0.2, 0.25) is 5.32 Å². The van der Waals surface area contributed by atoms with Crippen LogP contribution < -0.4 is 4.46 Å². The summed E-state index contributed by atoms with van der Waals surface area (Å²) in [6, 6.07) is 16.2. The third-order valence-corrected chi connectivity index (χ3v) is 11.5. The molecule has 3 rings (SSSR count). The van der Waals surface area contributed by atoms with Gasteiger partial charge < -0.3 is 0 Å². The maximum absolute atomic E-state index is 13.7. The molecule has 1 aliphatic carbocycles. The van der Waals surface area contributed by atoms with Crippen LogP contribution in [0, 0.1) is 23.7 Å². The number of benzene rings is 2. The van der Waals surface area contributed by atoms with Gasteiger partial charge in [0.1, 0.15) is 0 Å². The number of ether oxygens (including phenoxy) is 3. The Hall–Kier alpha value is -2.68. The molecule has 10 heteroatoms. The maximum atomic E-state index is 13.7. The first kappa shape index (κ1) is 28.9. The minimum absolute atomic E-state index is 0.0152. The van der Waals surface area contributed by atoms with E-state index in [1.165, 1.54) is 33.5 Å². The van der Waals surface area contributed by atoms with Crippen LogP contribution in [0.5, 0.6) is 0 Å². The van der Waals surface area contributed by atoms with E-state index in [1.54, 1.807) is 12.1 Å². The quantitative estimate of drug-likeness (QED) is 0.178. The Labute approximate surface area is 224 Å². The molecule has 0 amide bonds. The Morgan fingerprint density at radius 3 is 2.05 bits per heavy atom.